The lowest BCUT2D eigenvalue weighted by molar-refractivity contribution is 0.0953. The van der Waals surface area contributed by atoms with E-state index in [1.165, 1.54) is 24.4 Å². The van der Waals surface area contributed by atoms with Crippen molar-refractivity contribution in [3.05, 3.63) is 40.3 Å². The lowest BCUT2D eigenvalue weighted by Crippen LogP contribution is -2.42. The fourth-order valence-corrected chi connectivity index (χ4v) is 3.11. The Morgan fingerprint density at radius 3 is 2.60 bits per heavy atom. The quantitative estimate of drug-likeness (QED) is 0.452. The van der Waals surface area contributed by atoms with E-state index >= 15 is 0 Å². The molecule has 0 saturated heterocycles. The van der Waals surface area contributed by atoms with Gasteiger partial charge in [0.05, 0.1) is 11.1 Å². The van der Waals surface area contributed by atoms with Gasteiger partial charge in [-0.1, -0.05) is 0 Å². The average Bonchev–Trinajstić information content (AvgIpc) is 2.97. The number of hydrogen-bond acceptors (Lipinski definition) is 6. The Balaban J connectivity index is 1.79. The van der Waals surface area contributed by atoms with Crippen LogP contribution in [0.25, 0.3) is 0 Å². The summed E-state index contributed by atoms with van der Waals surface area (Å²) in [5, 5.41) is 7.63. The van der Waals surface area contributed by atoms with Crippen molar-refractivity contribution in [2.24, 2.45) is 5.84 Å². The molecular weight excluding hydrogens is 274 g/mol. The van der Waals surface area contributed by atoms with E-state index in [-0.39, 0.29) is 5.54 Å². The zero-order valence-electron chi connectivity index (χ0n) is 10.8. The van der Waals surface area contributed by atoms with Crippen LogP contribution < -0.4 is 16.6 Å². The molecule has 0 unspecified atom stereocenters. The number of nitrogens with one attached hydrogen (secondary N) is 2. The van der Waals surface area contributed by atoms with E-state index in [1.807, 2.05) is 0 Å². The molecule has 1 amide bonds. The Bertz CT molecular complexity index is 592. The number of hydrazine groups is 1. The predicted molar refractivity (Wildman–Crippen MR) is 77.2 cm³/mol. The van der Waals surface area contributed by atoms with Gasteiger partial charge in [-0.15, -0.1) is 0 Å². The maximum Gasteiger partial charge on any atom is 0.268 e. The molecule has 104 valence electrons. The standard InChI is InChI=1S/C13H15N5OS/c14-18-11(19)9-6-15-12(16-7-9)17-13(3-1-4-13)10-2-5-20-8-10/h2,5-8H,1,3-4,14H2,(H,18,19)(H,15,16,17). The lowest BCUT2D eigenvalue weighted by atomic mass is 9.73. The third kappa shape index (κ3) is 2.25. The van der Waals surface area contributed by atoms with Gasteiger partial charge in [-0.3, -0.25) is 10.2 Å². The summed E-state index contributed by atoms with van der Waals surface area (Å²) < 4.78 is 0. The first-order valence-electron chi connectivity index (χ1n) is 6.37. The summed E-state index contributed by atoms with van der Waals surface area (Å²) in [6, 6.07) is 2.13. The molecule has 4 N–H and O–H groups in total. The smallest absolute Gasteiger partial charge is 0.268 e. The molecule has 7 heteroatoms. The van der Waals surface area contributed by atoms with Crippen LogP contribution in [0.15, 0.2) is 29.2 Å². The minimum atomic E-state index is -0.396. The number of amides is 1. The topological polar surface area (TPSA) is 92.9 Å². The Morgan fingerprint density at radius 1 is 1.35 bits per heavy atom. The van der Waals surface area contributed by atoms with Crippen molar-refractivity contribution in [3.8, 4) is 0 Å². The predicted octanol–water partition coefficient (Wildman–Crippen LogP) is 1.63. The van der Waals surface area contributed by atoms with Crippen LogP contribution in [-0.2, 0) is 5.54 Å². The number of rotatable bonds is 4. The lowest BCUT2D eigenvalue weighted by Gasteiger charge is -2.42. The third-order valence-electron chi connectivity index (χ3n) is 3.68. The molecule has 0 bridgehead atoms. The van der Waals surface area contributed by atoms with E-state index in [1.54, 1.807) is 11.3 Å². The molecule has 2 heterocycles. The van der Waals surface area contributed by atoms with Gasteiger partial charge in [0.1, 0.15) is 0 Å². The van der Waals surface area contributed by atoms with Crippen LogP contribution >= 0.6 is 11.3 Å². The normalized spacial score (nSPS) is 16.2. The van der Waals surface area contributed by atoms with Gasteiger partial charge in [-0.05, 0) is 41.7 Å². The highest BCUT2D eigenvalue weighted by Crippen LogP contribution is 2.44. The number of thiophene rings is 1. The van der Waals surface area contributed by atoms with Gasteiger partial charge in [0.15, 0.2) is 0 Å². The zero-order valence-corrected chi connectivity index (χ0v) is 11.6. The molecule has 20 heavy (non-hydrogen) atoms. The first kappa shape index (κ1) is 13.0. The van der Waals surface area contributed by atoms with Crippen molar-refractivity contribution in [2.75, 3.05) is 5.32 Å². The third-order valence-corrected chi connectivity index (χ3v) is 4.36. The second kappa shape index (κ2) is 5.18. The summed E-state index contributed by atoms with van der Waals surface area (Å²) in [6.07, 6.45) is 6.27. The van der Waals surface area contributed by atoms with Crippen molar-refractivity contribution in [1.29, 1.82) is 0 Å². The summed E-state index contributed by atoms with van der Waals surface area (Å²) in [5.41, 5.74) is 3.62. The van der Waals surface area contributed by atoms with Crippen molar-refractivity contribution in [3.63, 3.8) is 0 Å². The molecule has 0 spiro atoms. The van der Waals surface area contributed by atoms with Gasteiger partial charge in [0, 0.05) is 12.4 Å². The number of hydrogen-bond donors (Lipinski definition) is 3. The molecule has 2 aromatic heterocycles. The highest BCUT2D eigenvalue weighted by atomic mass is 32.1. The fraction of sp³-hybridized carbons (Fsp3) is 0.308. The molecule has 0 aliphatic heterocycles. The Labute approximate surface area is 120 Å². The maximum absolute atomic E-state index is 11.3. The van der Waals surface area contributed by atoms with Crippen LogP contribution in [0.3, 0.4) is 0 Å². The van der Waals surface area contributed by atoms with Gasteiger partial charge in [0.2, 0.25) is 5.95 Å². The first-order chi connectivity index (χ1) is 9.73. The summed E-state index contributed by atoms with van der Waals surface area (Å²) in [5.74, 6) is 5.21. The van der Waals surface area contributed by atoms with Gasteiger partial charge in [-0.2, -0.15) is 11.3 Å². The van der Waals surface area contributed by atoms with Crippen LogP contribution in [0.5, 0.6) is 0 Å². The second-order valence-corrected chi connectivity index (χ2v) is 5.62. The molecule has 6 nitrogen and oxygen atoms in total. The molecular formula is C13H15N5OS. The van der Waals surface area contributed by atoms with Crippen LogP contribution in [-0.4, -0.2) is 15.9 Å². The Hall–Kier alpha value is -1.99. The van der Waals surface area contributed by atoms with E-state index in [9.17, 15) is 4.79 Å². The van der Waals surface area contributed by atoms with E-state index in [2.05, 4.69) is 37.5 Å². The highest BCUT2D eigenvalue weighted by Gasteiger charge is 2.39. The number of carbonyl (C=O) groups excluding carboxylic acids is 1. The molecule has 1 aliphatic carbocycles. The minimum absolute atomic E-state index is 0.0579. The first-order valence-corrected chi connectivity index (χ1v) is 7.32. The highest BCUT2D eigenvalue weighted by molar-refractivity contribution is 7.08. The number of carbonyl (C=O) groups is 1. The minimum Gasteiger partial charge on any atom is -0.345 e. The monoisotopic (exact) mass is 289 g/mol. The van der Waals surface area contributed by atoms with Gasteiger partial charge in [-0.25, -0.2) is 15.8 Å². The molecule has 1 fully saturated rings. The fourth-order valence-electron chi connectivity index (χ4n) is 2.36. The van der Waals surface area contributed by atoms with Crippen molar-refractivity contribution >= 4 is 23.2 Å². The van der Waals surface area contributed by atoms with Gasteiger partial charge in [0.25, 0.3) is 5.91 Å². The summed E-state index contributed by atoms with van der Waals surface area (Å²) in [4.78, 5) is 19.7. The van der Waals surface area contributed by atoms with Crippen LogP contribution in [0.2, 0.25) is 0 Å². The molecule has 1 saturated carbocycles. The molecule has 3 rings (SSSR count). The zero-order chi connectivity index (χ0) is 14.0. The number of anilines is 1. The van der Waals surface area contributed by atoms with E-state index < -0.39 is 5.91 Å². The number of nitrogen functional groups attached to an aromatic ring is 1. The van der Waals surface area contributed by atoms with Crippen LogP contribution in [0.4, 0.5) is 5.95 Å². The van der Waals surface area contributed by atoms with Crippen molar-refractivity contribution < 1.29 is 4.79 Å². The largest absolute Gasteiger partial charge is 0.345 e. The molecule has 0 atom stereocenters. The van der Waals surface area contributed by atoms with Crippen LogP contribution in [0.1, 0.15) is 35.2 Å². The second-order valence-electron chi connectivity index (χ2n) is 4.84. The maximum atomic E-state index is 11.3. The van der Waals surface area contributed by atoms with Crippen LogP contribution in [0, 0.1) is 0 Å². The van der Waals surface area contributed by atoms with E-state index in [0.717, 1.165) is 12.8 Å². The number of aromatic nitrogens is 2. The molecule has 2 aromatic rings. The molecule has 0 radical (unpaired) electrons. The average molecular weight is 289 g/mol. The summed E-state index contributed by atoms with van der Waals surface area (Å²) >= 11 is 1.69. The van der Waals surface area contributed by atoms with Gasteiger partial charge < -0.3 is 5.32 Å². The summed E-state index contributed by atoms with van der Waals surface area (Å²) in [6.45, 7) is 0. The number of nitrogens with two attached hydrogens (primary N) is 1. The molecule has 0 aromatic carbocycles. The molecule has 1 aliphatic rings. The van der Waals surface area contributed by atoms with E-state index in [4.69, 9.17) is 5.84 Å². The summed E-state index contributed by atoms with van der Waals surface area (Å²) in [7, 11) is 0. The SMILES string of the molecule is NNC(=O)c1cnc(NC2(c3ccsc3)CCC2)nc1. The van der Waals surface area contributed by atoms with Gasteiger partial charge >= 0.3 is 0 Å². The number of nitrogens with zero attached hydrogens (tertiary/aromatic N) is 2. The Kier molecular flexibility index (Phi) is 3.37. The van der Waals surface area contributed by atoms with E-state index in [0.29, 0.717) is 11.5 Å². The Morgan fingerprint density at radius 2 is 2.10 bits per heavy atom. The van der Waals surface area contributed by atoms with Crippen molar-refractivity contribution in [1.82, 2.24) is 15.4 Å². The van der Waals surface area contributed by atoms with Crippen molar-refractivity contribution in [2.45, 2.75) is 24.8 Å².